The Balaban J connectivity index is 2.04. The van der Waals surface area contributed by atoms with E-state index in [1.54, 1.807) is 11.0 Å². The third-order valence-electron chi connectivity index (χ3n) is 2.21. The van der Waals surface area contributed by atoms with Gasteiger partial charge in [-0.3, -0.25) is 4.79 Å². The maximum atomic E-state index is 11.4. The highest BCUT2D eigenvalue weighted by atomic mass is 35.5. The van der Waals surface area contributed by atoms with Crippen LogP contribution in [0.5, 0.6) is 0 Å². The summed E-state index contributed by atoms with van der Waals surface area (Å²) in [7, 11) is 0. The minimum Gasteiger partial charge on any atom is -0.370 e. The summed E-state index contributed by atoms with van der Waals surface area (Å²) < 4.78 is 5.04. The summed E-state index contributed by atoms with van der Waals surface area (Å²) in [4.78, 5) is 17.3. The molecule has 2 rings (SSSR count). The lowest BCUT2D eigenvalue weighted by Gasteiger charge is -2.26. The monoisotopic (exact) mass is 226 g/mol. The minimum absolute atomic E-state index is 0.00280. The van der Waals surface area contributed by atoms with Gasteiger partial charge in [-0.1, -0.05) is 17.7 Å². The van der Waals surface area contributed by atoms with Crippen molar-refractivity contribution in [1.82, 2.24) is 9.88 Å². The van der Waals surface area contributed by atoms with Crippen LogP contribution in [-0.2, 0) is 16.1 Å². The highest BCUT2D eigenvalue weighted by Gasteiger charge is 2.18. The van der Waals surface area contributed by atoms with Crippen LogP contribution in [0, 0.1) is 0 Å². The van der Waals surface area contributed by atoms with Gasteiger partial charge in [0.2, 0.25) is 5.91 Å². The molecule has 5 heteroatoms. The number of hydrogen-bond donors (Lipinski definition) is 0. The van der Waals surface area contributed by atoms with Crippen LogP contribution in [0.15, 0.2) is 18.2 Å². The summed E-state index contributed by atoms with van der Waals surface area (Å²) in [6, 6.07) is 5.40. The average Bonchev–Trinajstić information content (AvgIpc) is 2.22. The molecule has 0 N–H and O–H groups in total. The van der Waals surface area contributed by atoms with Gasteiger partial charge in [-0.25, -0.2) is 4.98 Å². The first kappa shape index (κ1) is 10.4. The van der Waals surface area contributed by atoms with Gasteiger partial charge in [0.05, 0.1) is 18.8 Å². The summed E-state index contributed by atoms with van der Waals surface area (Å²) in [5, 5.41) is 0.452. The molecule has 0 radical (unpaired) electrons. The van der Waals surface area contributed by atoms with Gasteiger partial charge in [0.1, 0.15) is 11.8 Å². The quantitative estimate of drug-likeness (QED) is 0.709. The second kappa shape index (κ2) is 4.59. The molecule has 1 amide bonds. The van der Waals surface area contributed by atoms with Gasteiger partial charge in [0.25, 0.3) is 0 Å². The number of morpholine rings is 1. The molecule has 4 nitrogen and oxygen atoms in total. The Hall–Kier alpha value is -1.13. The van der Waals surface area contributed by atoms with Crippen LogP contribution in [0.25, 0.3) is 0 Å². The van der Waals surface area contributed by atoms with Crippen LogP contribution in [0.3, 0.4) is 0 Å². The first-order chi connectivity index (χ1) is 7.25. The molecule has 0 aromatic carbocycles. The molecular formula is C10H11ClN2O2. The molecule has 1 aliphatic rings. The summed E-state index contributed by atoms with van der Waals surface area (Å²) >= 11 is 5.76. The third kappa shape index (κ3) is 2.67. The van der Waals surface area contributed by atoms with Crippen LogP contribution in [0.4, 0.5) is 0 Å². The normalized spacial score (nSPS) is 16.9. The first-order valence-corrected chi connectivity index (χ1v) is 5.10. The Labute approximate surface area is 92.8 Å². The van der Waals surface area contributed by atoms with E-state index in [2.05, 4.69) is 4.98 Å². The number of pyridine rings is 1. The molecule has 1 aliphatic heterocycles. The predicted molar refractivity (Wildman–Crippen MR) is 55.5 cm³/mol. The lowest BCUT2D eigenvalue weighted by molar-refractivity contribution is -0.143. The number of nitrogens with zero attached hydrogens (tertiary/aromatic N) is 2. The number of hydrogen-bond acceptors (Lipinski definition) is 3. The summed E-state index contributed by atoms with van der Waals surface area (Å²) in [6.45, 7) is 1.88. The van der Waals surface area contributed by atoms with Gasteiger partial charge in [-0.2, -0.15) is 0 Å². The standard InChI is InChI=1S/C10H11ClN2O2/c11-9-3-1-2-8(12-9)6-13-4-5-15-7-10(13)14/h1-3H,4-7H2. The molecule has 80 valence electrons. The fourth-order valence-electron chi connectivity index (χ4n) is 1.45. The zero-order valence-corrected chi connectivity index (χ0v) is 8.91. The lowest BCUT2D eigenvalue weighted by atomic mass is 10.3. The van der Waals surface area contributed by atoms with Crippen molar-refractivity contribution in [3.63, 3.8) is 0 Å². The molecular weight excluding hydrogens is 216 g/mol. The van der Waals surface area contributed by atoms with Crippen molar-refractivity contribution in [3.8, 4) is 0 Å². The fraction of sp³-hybridized carbons (Fsp3) is 0.400. The van der Waals surface area contributed by atoms with E-state index in [4.69, 9.17) is 16.3 Å². The summed E-state index contributed by atoms with van der Waals surface area (Å²) in [5.74, 6) is 0.00280. The Bertz CT molecular complexity index is 370. The van der Waals surface area contributed by atoms with Crippen molar-refractivity contribution >= 4 is 17.5 Å². The smallest absolute Gasteiger partial charge is 0.248 e. The Morgan fingerprint density at radius 2 is 2.40 bits per heavy atom. The van der Waals surface area contributed by atoms with Crippen molar-refractivity contribution in [2.75, 3.05) is 19.8 Å². The molecule has 1 aromatic heterocycles. The molecule has 0 bridgehead atoms. The molecule has 1 fully saturated rings. The van der Waals surface area contributed by atoms with Gasteiger partial charge < -0.3 is 9.64 Å². The number of carbonyl (C=O) groups is 1. The topological polar surface area (TPSA) is 42.4 Å². The third-order valence-corrected chi connectivity index (χ3v) is 2.42. The Morgan fingerprint density at radius 3 is 3.13 bits per heavy atom. The number of ether oxygens (including phenoxy) is 1. The van der Waals surface area contributed by atoms with Crippen LogP contribution < -0.4 is 0 Å². The van der Waals surface area contributed by atoms with Gasteiger partial charge >= 0.3 is 0 Å². The molecule has 0 spiro atoms. The van der Waals surface area contributed by atoms with Crippen LogP contribution in [0.1, 0.15) is 5.69 Å². The van der Waals surface area contributed by atoms with Crippen LogP contribution in [0.2, 0.25) is 5.15 Å². The fourth-order valence-corrected chi connectivity index (χ4v) is 1.63. The highest BCUT2D eigenvalue weighted by molar-refractivity contribution is 6.29. The molecule has 0 atom stereocenters. The van der Waals surface area contributed by atoms with Crippen molar-refractivity contribution in [2.24, 2.45) is 0 Å². The maximum Gasteiger partial charge on any atom is 0.248 e. The van der Waals surface area contributed by atoms with Crippen LogP contribution >= 0.6 is 11.6 Å². The predicted octanol–water partition coefficient (Wildman–Crippen LogP) is 1.09. The van der Waals surface area contributed by atoms with Gasteiger partial charge in [0, 0.05) is 6.54 Å². The molecule has 1 saturated heterocycles. The Kier molecular flexibility index (Phi) is 3.18. The van der Waals surface area contributed by atoms with E-state index in [-0.39, 0.29) is 12.5 Å². The second-order valence-corrected chi connectivity index (χ2v) is 3.71. The SMILES string of the molecule is O=C1COCCN1Cc1cccc(Cl)n1. The zero-order chi connectivity index (χ0) is 10.7. The van der Waals surface area contributed by atoms with Crippen LogP contribution in [-0.4, -0.2) is 35.5 Å². The number of amides is 1. The van der Waals surface area contributed by atoms with E-state index in [9.17, 15) is 4.79 Å². The number of carbonyl (C=O) groups excluding carboxylic acids is 1. The van der Waals surface area contributed by atoms with E-state index in [1.165, 1.54) is 0 Å². The van der Waals surface area contributed by atoms with E-state index in [0.717, 1.165) is 5.69 Å². The van der Waals surface area contributed by atoms with Crippen molar-refractivity contribution in [2.45, 2.75) is 6.54 Å². The van der Waals surface area contributed by atoms with Crippen molar-refractivity contribution < 1.29 is 9.53 Å². The second-order valence-electron chi connectivity index (χ2n) is 3.32. The summed E-state index contributed by atoms with van der Waals surface area (Å²) in [5.41, 5.74) is 0.803. The van der Waals surface area contributed by atoms with Gasteiger partial charge in [-0.05, 0) is 12.1 Å². The van der Waals surface area contributed by atoms with Crippen molar-refractivity contribution in [1.29, 1.82) is 0 Å². The number of halogens is 1. The molecule has 1 aromatic rings. The lowest BCUT2D eigenvalue weighted by Crippen LogP contribution is -2.41. The number of rotatable bonds is 2. The highest BCUT2D eigenvalue weighted by Crippen LogP contribution is 2.09. The van der Waals surface area contributed by atoms with Gasteiger partial charge in [0.15, 0.2) is 0 Å². The Morgan fingerprint density at radius 1 is 1.53 bits per heavy atom. The number of aromatic nitrogens is 1. The summed E-state index contributed by atoms with van der Waals surface area (Å²) in [6.07, 6.45) is 0. The van der Waals surface area contributed by atoms with E-state index >= 15 is 0 Å². The van der Waals surface area contributed by atoms with E-state index < -0.39 is 0 Å². The molecule has 2 heterocycles. The maximum absolute atomic E-state index is 11.4. The zero-order valence-electron chi connectivity index (χ0n) is 8.15. The largest absolute Gasteiger partial charge is 0.370 e. The van der Waals surface area contributed by atoms with E-state index in [1.807, 2.05) is 12.1 Å². The molecule has 0 saturated carbocycles. The minimum atomic E-state index is 0.00280. The molecule has 15 heavy (non-hydrogen) atoms. The molecule has 0 unspecified atom stereocenters. The average molecular weight is 227 g/mol. The van der Waals surface area contributed by atoms with E-state index in [0.29, 0.717) is 24.8 Å². The molecule has 0 aliphatic carbocycles. The van der Waals surface area contributed by atoms with Crippen molar-refractivity contribution in [3.05, 3.63) is 29.0 Å². The first-order valence-electron chi connectivity index (χ1n) is 4.72. The van der Waals surface area contributed by atoms with Gasteiger partial charge in [-0.15, -0.1) is 0 Å².